The van der Waals surface area contributed by atoms with Gasteiger partial charge in [0.1, 0.15) is 0 Å². The van der Waals surface area contributed by atoms with E-state index in [0.29, 0.717) is 50.8 Å². The van der Waals surface area contributed by atoms with Gasteiger partial charge in [0.05, 0.1) is 26.7 Å². The molecule has 0 saturated carbocycles. The summed E-state index contributed by atoms with van der Waals surface area (Å²) in [6, 6.07) is 15.7. The molecule has 0 spiro atoms. The second-order valence-electron chi connectivity index (χ2n) is 7.86. The molecule has 0 aromatic heterocycles. The number of hydrogen-bond donors (Lipinski definition) is 1. The molecule has 2 amide bonds. The molecular weight excluding hydrogens is 408 g/mol. The molecule has 32 heavy (non-hydrogen) atoms. The van der Waals surface area contributed by atoms with Crippen LogP contribution in [0.1, 0.15) is 24.0 Å². The van der Waals surface area contributed by atoms with Crippen LogP contribution in [0.25, 0.3) is 0 Å². The second-order valence-corrected chi connectivity index (χ2v) is 7.86. The third-order valence-electron chi connectivity index (χ3n) is 5.58. The van der Waals surface area contributed by atoms with Gasteiger partial charge < -0.3 is 24.4 Å². The molecule has 1 heterocycles. The molecule has 1 fully saturated rings. The van der Waals surface area contributed by atoms with Gasteiger partial charge in [-0.15, -0.1) is 0 Å². The SMILES string of the molecule is COc1ccc(CCN2CC(C(=O)NCCCOCc3ccccc3)CC2=O)cc1OC. The van der Waals surface area contributed by atoms with Gasteiger partial charge in [-0.25, -0.2) is 0 Å². The van der Waals surface area contributed by atoms with Gasteiger partial charge in [0.25, 0.3) is 0 Å². The maximum absolute atomic E-state index is 12.5. The third kappa shape index (κ3) is 6.72. The largest absolute Gasteiger partial charge is 0.493 e. The number of rotatable bonds is 12. The Morgan fingerprint density at radius 1 is 1.06 bits per heavy atom. The number of amides is 2. The zero-order valence-corrected chi connectivity index (χ0v) is 18.8. The van der Waals surface area contributed by atoms with E-state index in [4.69, 9.17) is 14.2 Å². The molecule has 0 bridgehead atoms. The Labute approximate surface area is 189 Å². The molecule has 2 aromatic rings. The molecule has 7 nitrogen and oxygen atoms in total. The number of methoxy groups -OCH3 is 2. The van der Waals surface area contributed by atoms with Crippen molar-refractivity contribution in [1.29, 1.82) is 0 Å². The molecule has 3 rings (SSSR count). The Bertz CT molecular complexity index is 887. The molecule has 1 unspecified atom stereocenters. The minimum Gasteiger partial charge on any atom is -0.493 e. The number of carbonyl (C=O) groups is 2. The molecule has 1 aliphatic rings. The summed E-state index contributed by atoms with van der Waals surface area (Å²) in [5, 5.41) is 2.94. The highest BCUT2D eigenvalue weighted by atomic mass is 16.5. The summed E-state index contributed by atoms with van der Waals surface area (Å²) in [4.78, 5) is 26.6. The van der Waals surface area contributed by atoms with Crippen LogP contribution in [-0.2, 0) is 27.4 Å². The van der Waals surface area contributed by atoms with E-state index in [2.05, 4.69) is 5.32 Å². The number of nitrogens with zero attached hydrogens (tertiary/aromatic N) is 1. The van der Waals surface area contributed by atoms with Gasteiger partial charge in [0, 0.05) is 32.7 Å². The first-order valence-corrected chi connectivity index (χ1v) is 11.0. The Hall–Kier alpha value is -3.06. The van der Waals surface area contributed by atoms with Crippen LogP contribution in [0.2, 0.25) is 0 Å². The smallest absolute Gasteiger partial charge is 0.225 e. The standard InChI is InChI=1S/C25H32N2O5/c1-30-22-10-9-19(15-23(22)31-2)11-13-27-17-21(16-24(27)28)25(29)26-12-6-14-32-18-20-7-4-3-5-8-20/h3-5,7-10,15,21H,6,11-14,16-18H2,1-2H3,(H,26,29). The van der Waals surface area contributed by atoms with Gasteiger partial charge >= 0.3 is 0 Å². The lowest BCUT2D eigenvalue weighted by molar-refractivity contribution is -0.129. The van der Waals surface area contributed by atoms with Gasteiger partial charge in [-0.1, -0.05) is 36.4 Å². The number of benzene rings is 2. The fraction of sp³-hybridized carbons (Fsp3) is 0.440. The first-order valence-electron chi connectivity index (χ1n) is 11.0. The van der Waals surface area contributed by atoms with Crippen LogP contribution in [-0.4, -0.2) is 57.2 Å². The summed E-state index contributed by atoms with van der Waals surface area (Å²) < 4.78 is 16.2. The predicted molar refractivity (Wildman–Crippen MR) is 122 cm³/mol. The van der Waals surface area contributed by atoms with Crippen LogP contribution in [0.15, 0.2) is 48.5 Å². The molecule has 7 heteroatoms. The highest BCUT2D eigenvalue weighted by molar-refractivity contribution is 5.89. The topological polar surface area (TPSA) is 77.1 Å². The summed E-state index contributed by atoms with van der Waals surface area (Å²) >= 11 is 0. The summed E-state index contributed by atoms with van der Waals surface area (Å²) in [5.74, 6) is 1.02. The van der Waals surface area contributed by atoms with Crippen molar-refractivity contribution in [3.63, 3.8) is 0 Å². The normalized spacial score (nSPS) is 15.6. The Kier molecular flexibility index (Phi) is 8.92. The molecule has 1 saturated heterocycles. The van der Waals surface area contributed by atoms with Crippen molar-refractivity contribution in [1.82, 2.24) is 10.2 Å². The minimum absolute atomic E-state index is 0.0248. The predicted octanol–water partition coefficient (Wildman–Crippen LogP) is 2.82. The van der Waals surface area contributed by atoms with Gasteiger partial charge in [-0.3, -0.25) is 9.59 Å². The van der Waals surface area contributed by atoms with Crippen molar-refractivity contribution in [2.45, 2.75) is 25.9 Å². The molecule has 0 aliphatic carbocycles. The molecule has 0 radical (unpaired) electrons. The lowest BCUT2D eigenvalue weighted by atomic mass is 10.1. The average Bonchev–Trinajstić information content (AvgIpc) is 3.20. The average molecular weight is 441 g/mol. The zero-order valence-electron chi connectivity index (χ0n) is 18.8. The van der Waals surface area contributed by atoms with Gasteiger partial charge in [0.15, 0.2) is 11.5 Å². The van der Waals surface area contributed by atoms with E-state index in [1.54, 1.807) is 19.1 Å². The zero-order chi connectivity index (χ0) is 22.8. The molecule has 1 atom stereocenters. The molecule has 2 aromatic carbocycles. The maximum Gasteiger partial charge on any atom is 0.225 e. The van der Waals surface area contributed by atoms with Crippen molar-refractivity contribution in [2.24, 2.45) is 5.92 Å². The van der Waals surface area contributed by atoms with Crippen molar-refractivity contribution >= 4 is 11.8 Å². The molecule has 172 valence electrons. The van der Waals surface area contributed by atoms with Crippen molar-refractivity contribution < 1.29 is 23.8 Å². The van der Waals surface area contributed by atoms with E-state index in [9.17, 15) is 9.59 Å². The van der Waals surface area contributed by atoms with E-state index in [1.165, 1.54) is 0 Å². The van der Waals surface area contributed by atoms with Gasteiger partial charge in [-0.2, -0.15) is 0 Å². The number of carbonyl (C=O) groups excluding carboxylic acids is 2. The van der Waals surface area contributed by atoms with Crippen LogP contribution in [0.3, 0.4) is 0 Å². The third-order valence-corrected chi connectivity index (χ3v) is 5.58. The lowest BCUT2D eigenvalue weighted by Gasteiger charge is -2.17. The Balaban J connectivity index is 1.35. The second kappa shape index (κ2) is 12.1. The fourth-order valence-electron chi connectivity index (χ4n) is 3.76. The van der Waals surface area contributed by atoms with Crippen LogP contribution in [0, 0.1) is 5.92 Å². The van der Waals surface area contributed by atoms with E-state index in [0.717, 1.165) is 17.5 Å². The van der Waals surface area contributed by atoms with Crippen molar-refractivity contribution in [2.75, 3.05) is 40.5 Å². The number of nitrogens with one attached hydrogen (secondary N) is 1. The van der Waals surface area contributed by atoms with Crippen molar-refractivity contribution in [3.8, 4) is 11.5 Å². The van der Waals surface area contributed by atoms with E-state index in [-0.39, 0.29) is 24.2 Å². The van der Waals surface area contributed by atoms with Crippen LogP contribution < -0.4 is 14.8 Å². The fourth-order valence-corrected chi connectivity index (χ4v) is 3.76. The van der Waals surface area contributed by atoms with E-state index < -0.39 is 0 Å². The summed E-state index contributed by atoms with van der Waals surface area (Å²) in [5.41, 5.74) is 2.19. The first-order chi connectivity index (χ1) is 15.6. The number of ether oxygens (including phenoxy) is 3. The number of hydrogen-bond acceptors (Lipinski definition) is 5. The summed E-state index contributed by atoms with van der Waals surface area (Å²) in [6.07, 6.45) is 1.70. The highest BCUT2D eigenvalue weighted by Crippen LogP contribution is 2.28. The van der Waals surface area contributed by atoms with Crippen LogP contribution in [0.5, 0.6) is 11.5 Å². The molecule has 1 aliphatic heterocycles. The first kappa shape index (κ1) is 23.6. The minimum atomic E-state index is -0.293. The highest BCUT2D eigenvalue weighted by Gasteiger charge is 2.33. The van der Waals surface area contributed by atoms with Crippen LogP contribution in [0.4, 0.5) is 0 Å². The lowest BCUT2D eigenvalue weighted by Crippen LogP contribution is -2.34. The van der Waals surface area contributed by atoms with E-state index in [1.807, 2.05) is 48.5 Å². The summed E-state index contributed by atoms with van der Waals surface area (Å²) in [6.45, 7) is 2.73. The Morgan fingerprint density at radius 3 is 2.59 bits per heavy atom. The maximum atomic E-state index is 12.5. The monoisotopic (exact) mass is 440 g/mol. The Morgan fingerprint density at radius 2 is 1.84 bits per heavy atom. The van der Waals surface area contributed by atoms with Crippen LogP contribution >= 0.6 is 0 Å². The molecule has 1 N–H and O–H groups in total. The van der Waals surface area contributed by atoms with Gasteiger partial charge in [0.2, 0.25) is 11.8 Å². The molecular formula is C25H32N2O5. The van der Waals surface area contributed by atoms with Gasteiger partial charge in [-0.05, 0) is 36.1 Å². The number of likely N-dealkylation sites (tertiary alicyclic amines) is 1. The summed E-state index contributed by atoms with van der Waals surface area (Å²) in [7, 11) is 3.20. The quantitative estimate of drug-likeness (QED) is 0.514. The van der Waals surface area contributed by atoms with E-state index >= 15 is 0 Å². The van der Waals surface area contributed by atoms with Crippen molar-refractivity contribution in [3.05, 3.63) is 59.7 Å².